The summed E-state index contributed by atoms with van der Waals surface area (Å²) in [5, 5.41) is 0. The van der Waals surface area contributed by atoms with Crippen molar-refractivity contribution < 1.29 is 4.74 Å². The second-order valence-corrected chi connectivity index (χ2v) is 9.26. The first-order valence-corrected chi connectivity index (χ1v) is 8.78. The predicted octanol–water partition coefficient (Wildman–Crippen LogP) is 3.03. The monoisotopic (exact) mass is 294 g/mol. The largest absolute Gasteiger partial charge is 0.377 e. The maximum atomic E-state index is 6.90. The van der Waals surface area contributed by atoms with Gasteiger partial charge in [0.15, 0.2) is 0 Å². The third-order valence-electron chi connectivity index (χ3n) is 7.11. The third-order valence-corrected chi connectivity index (χ3v) is 7.11. The van der Waals surface area contributed by atoms with Crippen LogP contribution in [0.1, 0.15) is 59.8 Å². The van der Waals surface area contributed by atoms with Crippen LogP contribution in [0.4, 0.5) is 0 Å². The van der Waals surface area contributed by atoms with E-state index < -0.39 is 0 Å². The van der Waals surface area contributed by atoms with E-state index in [1.54, 1.807) is 0 Å². The van der Waals surface area contributed by atoms with E-state index in [4.69, 9.17) is 10.5 Å². The van der Waals surface area contributed by atoms with E-state index in [1.807, 2.05) is 0 Å². The molecule has 2 saturated carbocycles. The van der Waals surface area contributed by atoms with Gasteiger partial charge in [0, 0.05) is 36.1 Å². The Labute approximate surface area is 130 Å². The molecule has 2 aliphatic carbocycles. The van der Waals surface area contributed by atoms with Gasteiger partial charge in [-0.1, -0.05) is 27.7 Å². The minimum atomic E-state index is -0.0735. The highest BCUT2D eigenvalue weighted by Gasteiger charge is 2.67. The van der Waals surface area contributed by atoms with Crippen molar-refractivity contribution in [2.75, 3.05) is 20.2 Å². The molecule has 3 aliphatic rings. The predicted molar refractivity (Wildman–Crippen MR) is 87.2 cm³/mol. The fourth-order valence-electron chi connectivity index (χ4n) is 5.16. The number of ether oxygens (including phenoxy) is 1. The third kappa shape index (κ3) is 2.36. The van der Waals surface area contributed by atoms with Gasteiger partial charge < -0.3 is 15.4 Å². The average molecular weight is 294 g/mol. The lowest BCUT2D eigenvalue weighted by Gasteiger charge is -2.63. The van der Waals surface area contributed by atoms with Crippen LogP contribution in [0.25, 0.3) is 0 Å². The molecule has 0 aromatic carbocycles. The van der Waals surface area contributed by atoms with Gasteiger partial charge >= 0.3 is 0 Å². The highest BCUT2D eigenvalue weighted by Crippen LogP contribution is 2.58. The molecule has 3 heteroatoms. The van der Waals surface area contributed by atoms with Crippen LogP contribution < -0.4 is 5.73 Å². The normalized spacial score (nSPS) is 41.9. The molecule has 21 heavy (non-hydrogen) atoms. The number of hydrogen-bond donors (Lipinski definition) is 1. The molecule has 3 fully saturated rings. The number of hydrogen-bond acceptors (Lipinski definition) is 3. The van der Waals surface area contributed by atoms with Gasteiger partial charge in [-0.15, -0.1) is 0 Å². The van der Waals surface area contributed by atoms with Crippen molar-refractivity contribution >= 4 is 0 Å². The zero-order valence-corrected chi connectivity index (χ0v) is 14.6. The molecule has 0 aromatic heterocycles. The van der Waals surface area contributed by atoms with E-state index in [0.29, 0.717) is 17.4 Å². The zero-order valence-electron chi connectivity index (χ0n) is 14.6. The smallest absolute Gasteiger partial charge is 0.0691 e. The van der Waals surface area contributed by atoms with Crippen LogP contribution in [0.15, 0.2) is 0 Å². The Hall–Kier alpha value is -0.120. The summed E-state index contributed by atoms with van der Waals surface area (Å²) in [5.41, 5.74) is 7.48. The Morgan fingerprint density at radius 1 is 1.10 bits per heavy atom. The summed E-state index contributed by atoms with van der Waals surface area (Å²) in [5.74, 6) is 0.565. The molecule has 3 nitrogen and oxygen atoms in total. The Kier molecular flexibility index (Phi) is 3.71. The fraction of sp³-hybridized carbons (Fsp3) is 1.00. The highest BCUT2D eigenvalue weighted by molar-refractivity contribution is 5.21. The van der Waals surface area contributed by atoms with Crippen molar-refractivity contribution in [3.05, 3.63) is 0 Å². The number of fused-ring (bicyclic) bond motifs is 1. The van der Waals surface area contributed by atoms with Gasteiger partial charge in [0.1, 0.15) is 0 Å². The van der Waals surface area contributed by atoms with E-state index in [2.05, 4.69) is 39.6 Å². The first-order valence-electron chi connectivity index (χ1n) is 8.78. The van der Waals surface area contributed by atoms with E-state index in [9.17, 15) is 0 Å². The maximum Gasteiger partial charge on any atom is 0.0691 e. The Balaban J connectivity index is 1.63. The first-order chi connectivity index (χ1) is 9.67. The van der Waals surface area contributed by atoms with E-state index in [-0.39, 0.29) is 11.0 Å². The van der Waals surface area contributed by atoms with Crippen LogP contribution in [0.5, 0.6) is 0 Å². The quantitative estimate of drug-likeness (QED) is 0.869. The Morgan fingerprint density at radius 3 is 2.33 bits per heavy atom. The van der Waals surface area contributed by atoms with Gasteiger partial charge in [-0.05, 0) is 44.6 Å². The molecule has 0 spiro atoms. The van der Waals surface area contributed by atoms with Crippen LogP contribution in [-0.4, -0.2) is 42.8 Å². The lowest BCUT2D eigenvalue weighted by Crippen LogP contribution is -2.78. The summed E-state index contributed by atoms with van der Waals surface area (Å²) in [7, 11) is 2.29. The van der Waals surface area contributed by atoms with Gasteiger partial charge in [0.05, 0.1) is 6.10 Å². The molecule has 0 aromatic rings. The zero-order chi connectivity index (χ0) is 15.5. The molecule has 0 radical (unpaired) electrons. The molecule has 2 N–H and O–H groups in total. The van der Waals surface area contributed by atoms with E-state index in [1.165, 1.54) is 25.7 Å². The minimum absolute atomic E-state index is 0.0735. The molecule has 0 bridgehead atoms. The molecular formula is C18H34N2O. The SMILES string of the molecule is CN(CC1(N)C2CCOC2C1(C)C)C1CCC(C)(C)CC1. The molecule has 1 aliphatic heterocycles. The fourth-order valence-corrected chi connectivity index (χ4v) is 5.16. The number of likely N-dealkylation sites (N-methyl/N-ethyl adjacent to an activating group) is 1. The molecular weight excluding hydrogens is 260 g/mol. The van der Waals surface area contributed by atoms with Crippen molar-refractivity contribution in [1.29, 1.82) is 0 Å². The molecule has 3 rings (SSSR count). The minimum Gasteiger partial charge on any atom is -0.377 e. The molecule has 1 heterocycles. The summed E-state index contributed by atoms with van der Waals surface area (Å²) in [6.07, 6.45) is 6.88. The second-order valence-electron chi connectivity index (χ2n) is 9.26. The summed E-state index contributed by atoms with van der Waals surface area (Å²) in [4.78, 5) is 2.56. The topological polar surface area (TPSA) is 38.5 Å². The van der Waals surface area contributed by atoms with Crippen molar-refractivity contribution in [2.45, 2.75) is 77.5 Å². The molecule has 3 atom stereocenters. The summed E-state index contributed by atoms with van der Waals surface area (Å²) >= 11 is 0. The maximum absolute atomic E-state index is 6.90. The van der Waals surface area contributed by atoms with E-state index >= 15 is 0 Å². The van der Waals surface area contributed by atoms with Gasteiger partial charge in [0.2, 0.25) is 0 Å². The number of nitrogens with two attached hydrogens (primary N) is 1. The van der Waals surface area contributed by atoms with E-state index in [0.717, 1.165) is 25.6 Å². The number of nitrogens with zero attached hydrogens (tertiary/aromatic N) is 1. The molecule has 0 amide bonds. The van der Waals surface area contributed by atoms with Gasteiger partial charge in [0.25, 0.3) is 0 Å². The molecule has 3 unspecified atom stereocenters. The van der Waals surface area contributed by atoms with Crippen molar-refractivity contribution in [1.82, 2.24) is 4.90 Å². The Morgan fingerprint density at radius 2 is 1.71 bits per heavy atom. The van der Waals surface area contributed by atoms with Crippen LogP contribution in [-0.2, 0) is 4.74 Å². The summed E-state index contributed by atoms with van der Waals surface area (Å²) < 4.78 is 5.92. The van der Waals surface area contributed by atoms with Crippen molar-refractivity contribution in [3.63, 3.8) is 0 Å². The van der Waals surface area contributed by atoms with Crippen molar-refractivity contribution in [3.8, 4) is 0 Å². The first kappa shape index (κ1) is 15.8. The molecule has 1 saturated heterocycles. The van der Waals surface area contributed by atoms with Crippen LogP contribution in [0, 0.1) is 16.7 Å². The van der Waals surface area contributed by atoms with Crippen molar-refractivity contribution in [2.24, 2.45) is 22.5 Å². The van der Waals surface area contributed by atoms with Crippen LogP contribution in [0.3, 0.4) is 0 Å². The van der Waals surface area contributed by atoms with Gasteiger partial charge in [-0.3, -0.25) is 0 Å². The lowest BCUT2D eigenvalue weighted by molar-refractivity contribution is -0.164. The van der Waals surface area contributed by atoms with Gasteiger partial charge in [-0.25, -0.2) is 0 Å². The highest BCUT2D eigenvalue weighted by atomic mass is 16.5. The van der Waals surface area contributed by atoms with Gasteiger partial charge in [-0.2, -0.15) is 0 Å². The number of rotatable bonds is 3. The summed E-state index contributed by atoms with van der Waals surface area (Å²) in [6.45, 7) is 11.3. The average Bonchev–Trinajstić information content (AvgIpc) is 2.86. The van der Waals surface area contributed by atoms with Crippen LogP contribution in [0.2, 0.25) is 0 Å². The lowest BCUT2D eigenvalue weighted by atomic mass is 9.48. The van der Waals surface area contributed by atoms with Crippen LogP contribution >= 0.6 is 0 Å². The second kappa shape index (κ2) is 4.94. The Bertz CT molecular complexity index is 396. The molecule has 122 valence electrons. The summed E-state index contributed by atoms with van der Waals surface area (Å²) in [6, 6.07) is 0.718. The standard InChI is InChI=1S/C18H34N2O/c1-16(2)9-6-13(7-10-16)20(5)12-18(19)14-8-11-21-15(14)17(18,3)4/h13-15H,6-12,19H2,1-5H3.